The number of nitrogens with one attached hydrogen (secondary N) is 1. The number of amides is 1. The molecule has 1 aromatic heterocycles. The molecule has 26 heavy (non-hydrogen) atoms. The normalized spacial score (nSPS) is 16.0. The fourth-order valence-electron chi connectivity index (χ4n) is 2.95. The molecule has 0 bridgehead atoms. The molecule has 0 aliphatic carbocycles. The van der Waals surface area contributed by atoms with E-state index in [9.17, 15) is 4.79 Å². The SMILES string of the molecule is CCOc1ncccc1C(=O)NCC1(Sc2ccccc2)CCOCC1. The van der Waals surface area contributed by atoms with Crippen LogP contribution in [0, 0.1) is 0 Å². The van der Waals surface area contributed by atoms with Crippen LogP contribution in [0.1, 0.15) is 30.1 Å². The summed E-state index contributed by atoms with van der Waals surface area (Å²) in [7, 11) is 0. The highest BCUT2D eigenvalue weighted by molar-refractivity contribution is 8.00. The number of carbonyl (C=O) groups is 1. The predicted octanol–water partition coefficient (Wildman–Crippen LogP) is 3.55. The van der Waals surface area contributed by atoms with E-state index in [-0.39, 0.29) is 10.7 Å². The second kappa shape index (κ2) is 9.05. The van der Waals surface area contributed by atoms with Gasteiger partial charge in [-0.3, -0.25) is 4.79 Å². The Balaban J connectivity index is 1.71. The molecule has 1 aliphatic rings. The topological polar surface area (TPSA) is 60.5 Å². The average Bonchev–Trinajstić information content (AvgIpc) is 2.68. The van der Waals surface area contributed by atoms with E-state index >= 15 is 0 Å². The molecule has 0 spiro atoms. The Labute approximate surface area is 158 Å². The number of rotatable bonds is 7. The number of carbonyl (C=O) groups excluding carboxylic acids is 1. The van der Waals surface area contributed by atoms with Crippen molar-refractivity contribution in [3.63, 3.8) is 0 Å². The number of nitrogens with zero attached hydrogens (tertiary/aromatic N) is 1. The van der Waals surface area contributed by atoms with E-state index < -0.39 is 0 Å². The first-order chi connectivity index (χ1) is 12.7. The molecule has 1 saturated heterocycles. The number of hydrogen-bond acceptors (Lipinski definition) is 5. The summed E-state index contributed by atoms with van der Waals surface area (Å²) in [6.45, 7) is 4.36. The van der Waals surface area contributed by atoms with Crippen molar-refractivity contribution in [3.05, 3.63) is 54.2 Å². The summed E-state index contributed by atoms with van der Waals surface area (Å²) in [4.78, 5) is 18.1. The number of thioether (sulfide) groups is 1. The van der Waals surface area contributed by atoms with E-state index in [1.165, 1.54) is 4.90 Å². The van der Waals surface area contributed by atoms with Crippen molar-refractivity contribution in [2.45, 2.75) is 29.4 Å². The zero-order valence-electron chi connectivity index (χ0n) is 14.9. The van der Waals surface area contributed by atoms with Gasteiger partial charge in [0.1, 0.15) is 5.56 Å². The molecule has 1 aliphatic heterocycles. The molecule has 2 heterocycles. The first-order valence-corrected chi connectivity index (χ1v) is 9.72. The van der Waals surface area contributed by atoms with Gasteiger partial charge in [-0.05, 0) is 44.0 Å². The lowest BCUT2D eigenvalue weighted by atomic mass is 9.99. The van der Waals surface area contributed by atoms with Crippen molar-refractivity contribution in [1.82, 2.24) is 10.3 Å². The number of aromatic nitrogens is 1. The number of benzene rings is 1. The maximum absolute atomic E-state index is 12.7. The Hall–Kier alpha value is -2.05. The van der Waals surface area contributed by atoms with E-state index in [1.54, 1.807) is 18.3 Å². The third-order valence-corrected chi connectivity index (χ3v) is 5.84. The molecule has 1 aromatic carbocycles. The van der Waals surface area contributed by atoms with Crippen LogP contribution in [-0.2, 0) is 4.74 Å². The van der Waals surface area contributed by atoms with Gasteiger partial charge in [-0.2, -0.15) is 0 Å². The minimum Gasteiger partial charge on any atom is -0.477 e. The highest BCUT2D eigenvalue weighted by Gasteiger charge is 2.34. The fourth-order valence-corrected chi connectivity index (χ4v) is 4.26. The monoisotopic (exact) mass is 372 g/mol. The van der Waals surface area contributed by atoms with Gasteiger partial charge in [0.15, 0.2) is 0 Å². The lowest BCUT2D eigenvalue weighted by Gasteiger charge is -2.36. The Morgan fingerprint density at radius 3 is 2.73 bits per heavy atom. The maximum Gasteiger partial charge on any atom is 0.256 e. The van der Waals surface area contributed by atoms with Crippen LogP contribution in [0.3, 0.4) is 0 Å². The van der Waals surface area contributed by atoms with Gasteiger partial charge in [0.2, 0.25) is 5.88 Å². The van der Waals surface area contributed by atoms with E-state index in [4.69, 9.17) is 9.47 Å². The molecule has 1 amide bonds. The largest absolute Gasteiger partial charge is 0.477 e. The minimum atomic E-state index is -0.152. The van der Waals surface area contributed by atoms with Gasteiger partial charge in [0.05, 0.1) is 6.61 Å². The van der Waals surface area contributed by atoms with E-state index in [0.29, 0.717) is 37.8 Å². The van der Waals surface area contributed by atoms with Crippen LogP contribution in [-0.4, -0.2) is 42.0 Å². The lowest BCUT2D eigenvalue weighted by molar-refractivity contribution is 0.0740. The summed E-state index contributed by atoms with van der Waals surface area (Å²) >= 11 is 1.82. The summed E-state index contributed by atoms with van der Waals surface area (Å²) in [5.41, 5.74) is 0.473. The van der Waals surface area contributed by atoms with Crippen molar-refractivity contribution in [2.75, 3.05) is 26.4 Å². The molecule has 0 unspecified atom stereocenters. The van der Waals surface area contributed by atoms with Crippen molar-refractivity contribution in [3.8, 4) is 5.88 Å². The van der Waals surface area contributed by atoms with E-state index in [2.05, 4.69) is 22.4 Å². The molecular formula is C20H24N2O3S. The standard InChI is InChI=1S/C20H24N2O3S/c1-2-25-19-17(9-6-12-21-19)18(23)22-15-20(10-13-24-14-11-20)26-16-7-4-3-5-8-16/h3-9,12H,2,10-11,13-15H2,1H3,(H,22,23). The molecule has 3 rings (SSSR count). The highest BCUT2D eigenvalue weighted by atomic mass is 32.2. The zero-order chi connectivity index (χ0) is 18.2. The van der Waals surface area contributed by atoms with E-state index in [1.807, 2.05) is 36.9 Å². The van der Waals surface area contributed by atoms with Gasteiger partial charge in [-0.25, -0.2) is 4.98 Å². The fraction of sp³-hybridized carbons (Fsp3) is 0.400. The van der Waals surface area contributed by atoms with Gasteiger partial charge >= 0.3 is 0 Å². The third kappa shape index (κ3) is 4.77. The first-order valence-electron chi connectivity index (χ1n) is 8.90. The molecule has 0 atom stereocenters. The van der Waals surface area contributed by atoms with Crippen molar-refractivity contribution >= 4 is 17.7 Å². The molecule has 1 N–H and O–H groups in total. The molecular weight excluding hydrogens is 348 g/mol. The summed E-state index contributed by atoms with van der Waals surface area (Å²) in [5, 5.41) is 3.09. The number of hydrogen-bond donors (Lipinski definition) is 1. The van der Waals surface area contributed by atoms with Crippen LogP contribution in [0.15, 0.2) is 53.6 Å². The van der Waals surface area contributed by atoms with Crippen LogP contribution in [0.4, 0.5) is 0 Å². The smallest absolute Gasteiger partial charge is 0.256 e. The summed E-state index contributed by atoms with van der Waals surface area (Å²) in [6.07, 6.45) is 3.43. The van der Waals surface area contributed by atoms with E-state index in [0.717, 1.165) is 12.8 Å². The van der Waals surface area contributed by atoms with Gasteiger partial charge in [0.25, 0.3) is 5.91 Å². The molecule has 6 heteroatoms. The molecule has 2 aromatic rings. The molecule has 0 radical (unpaired) electrons. The Morgan fingerprint density at radius 1 is 1.23 bits per heavy atom. The Morgan fingerprint density at radius 2 is 2.00 bits per heavy atom. The summed E-state index contributed by atoms with van der Waals surface area (Å²) < 4.78 is 11.0. The van der Waals surface area contributed by atoms with Crippen molar-refractivity contribution in [1.29, 1.82) is 0 Å². The van der Waals surface area contributed by atoms with Gasteiger partial charge < -0.3 is 14.8 Å². The highest BCUT2D eigenvalue weighted by Crippen LogP contribution is 2.40. The second-order valence-electron chi connectivity index (χ2n) is 6.18. The minimum absolute atomic E-state index is 0.0662. The summed E-state index contributed by atoms with van der Waals surface area (Å²) in [6, 6.07) is 13.8. The molecule has 0 saturated carbocycles. The second-order valence-corrected chi connectivity index (χ2v) is 7.72. The maximum atomic E-state index is 12.7. The lowest BCUT2D eigenvalue weighted by Crippen LogP contribution is -2.44. The van der Waals surface area contributed by atoms with Crippen LogP contribution in [0.2, 0.25) is 0 Å². The Kier molecular flexibility index (Phi) is 6.52. The first kappa shape index (κ1) is 18.7. The number of pyridine rings is 1. The van der Waals surface area contributed by atoms with Crippen molar-refractivity contribution in [2.24, 2.45) is 0 Å². The summed E-state index contributed by atoms with van der Waals surface area (Å²) in [5.74, 6) is 0.227. The average molecular weight is 372 g/mol. The van der Waals surface area contributed by atoms with Gasteiger partial charge in [0, 0.05) is 35.6 Å². The predicted molar refractivity (Wildman–Crippen MR) is 103 cm³/mol. The molecule has 138 valence electrons. The van der Waals surface area contributed by atoms with Crippen LogP contribution in [0.25, 0.3) is 0 Å². The van der Waals surface area contributed by atoms with Gasteiger partial charge in [-0.15, -0.1) is 11.8 Å². The quantitative estimate of drug-likeness (QED) is 0.805. The third-order valence-electron chi connectivity index (χ3n) is 4.35. The van der Waals surface area contributed by atoms with Crippen LogP contribution < -0.4 is 10.1 Å². The zero-order valence-corrected chi connectivity index (χ0v) is 15.8. The Bertz CT molecular complexity index is 718. The number of ether oxygens (including phenoxy) is 2. The van der Waals surface area contributed by atoms with Gasteiger partial charge in [-0.1, -0.05) is 18.2 Å². The molecule has 1 fully saturated rings. The van der Waals surface area contributed by atoms with Crippen LogP contribution in [0.5, 0.6) is 5.88 Å². The van der Waals surface area contributed by atoms with Crippen LogP contribution >= 0.6 is 11.8 Å². The molecule has 5 nitrogen and oxygen atoms in total. The van der Waals surface area contributed by atoms with Crippen molar-refractivity contribution < 1.29 is 14.3 Å².